The smallest absolute Gasteiger partial charge is 0.275 e. The number of fused-ring (bicyclic) bond motifs is 1. The number of aryl methyl sites for hydroxylation is 1. The van der Waals surface area contributed by atoms with Crippen molar-refractivity contribution in [3.05, 3.63) is 51.2 Å². The number of imidazole rings is 1. The summed E-state index contributed by atoms with van der Waals surface area (Å²) < 4.78 is 1.83. The van der Waals surface area contributed by atoms with E-state index in [0.717, 1.165) is 9.84 Å². The van der Waals surface area contributed by atoms with Crippen molar-refractivity contribution in [2.75, 3.05) is 5.32 Å². The lowest BCUT2D eigenvalue weighted by Gasteiger charge is -2.05. The SMILES string of the molecule is Cc1cn2cc(C(=O)Nc3cc(Cl)ccc3Cl)nc2s1. The molecule has 20 heavy (non-hydrogen) atoms. The normalized spacial score (nSPS) is 10.9. The molecule has 1 amide bonds. The monoisotopic (exact) mass is 325 g/mol. The first kappa shape index (κ1) is 13.4. The maximum atomic E-state index is 12.1. The van der Waals surface area contributed by atoms with E-state index in [1.54, 1.807) is 24.4 Å². The van der Waals surface area contributed by atoms with E-state index in [4.69, 9.17) is 23.2 Å². The van der Waals surface area contributed by atoms with Crippen molar-refractivity contribution < 1.29 is 4.79 Å². The van der Waals surface area contributed by atoms with Gasteiger partial charge in [-0.2, -0.15) is 0 Å². The van der Waals surface area contributed by atoms with Crippen molar-refractivity contribution in [3.63, 3.8) is 0 Å². The summed E-state index contributed by atoms with van der Waals surface area (Å²) in [6, 6.07) is 4.90. The van der Waals surface area contributed by atoms with Crippen molar-refractivity contribution in [3.8, 4) is 0 Å². The average molecular weight is 326 g/mol. The number of thiazole rings is 1. The molecule has 0 fully saturated rings. The summed E-state index contributed by atoms with van der Waals surface area (Å²) in [5.41, 5.74) is 0.809. The lowest BCUT2D eigenvalue weighted by atomic mass is 10.3. The van der Waals surface area contributed by atoms with Gasteiger partial charge in [0, 0.05) is 22.3 Å². The quantitative estimate of drug-likeness (QED) is 0.765. The van der Waals surface area contributed by atoms with Gasteiger partial charge in [0.2, 0.25) is 0 Å². The highest BCUT2D eigenvalue weighted by molar-refractivity contribution is 7.17. The zero-order valence-corrected chi connectivity index (χ0v) is 12.7. The molecule has 3 rings (SSSR count). The minimum Gasteiger partial charge on any atom is -0.319 e. The van der Waals surface area contributed by atoms with E-state index >= 15 is 0 Å². The fraction of sp³-hybridized carbons (Fsp3) is 0.0769. The summed E-state index contributed by atoms with van der Waals surface area (Å²) in [7, 11) is 0. The Labute approximate surface area is 129 Å². The Balaban J connectivity index is 1.88. The molecule has 0 aliphatic rings. The molecule has 0 saturated carbocycles. The van der Waals surface area contributed by atoms with Gasteiger partial charge in [0.05, 0.1) is 10.7 Å². The highest BCUT2D eigenvalue weighted by Gasteiger charge is 2.14. The van der Waals surface area contributed by atoms with Gasteiger partial charge in [-0.05, 0) is 25.1 Å². The molecule has 0 aliphatic heterocycles. The molecule has 2 aromatic heterocycles. The van der Waals surface area contributed by atoms with Crippen LogP contribution in [-0.4, -0.2) is 15.3 Å². The number of amides is 1. The van der Waals surface area contributed by atoms with Crippen LogP contribution in [0.3, 0.4) is 0 Å². The maximum Gasteiger partial charge on any atom is 0.275 e. The number of benzene rings is 1. The van der Waals surface area contributed by atoms with E-state index in [0.29, 0.717) is 21.4 Å². The molecule has 0 radical (unpaired) electrons. The number of carbonyl (C=O) groups excluding carboxylic acids is 1. The summed E-state index contributed by atoms with van der Waals surface area (Å²) in [5.74, 6) is -0.317. The van der Waals surface area contributed by atoms with Gasteiger partial charge in [-0.25, -0.2) is 4.98 Å². The fourth-order valence-corrected chi connectivity index (χ4v) is 2.95. The molecule has 0 atom stereocenters. The second-order valence-electron chi connectivity index (χ2n) is 4.24. The number of rotatable bonds is 2. The number of hydrogen-bond donors (Lipinski definition) is 1. The second kappa shape index (κ2) is 5.09. The zero-order valence-electron chi connectivity index (χ0n) is 10.4. The summed E-state index contributed by atoms with van der Waals surface area (Å²) in [5, 5.41) is 3.64. The second-order valence-corrected chi connectivity index (χ2v) is 6.29. The first-order chi connectivity index (χ1) is 9.52. The third-order valence-corrected chi connectivity index (χ3v) is 4.16. The van der Waals surface area contributed by atoms with Crippen molar-refractivity contribution in [2.24, 2.45) is 0 Å². The number of carbonyl (C=O) groups is 1. The predicted molar refractivity (Wildman–Crippen MR) is 82.2 cm³/mol. The lowest BCUT2D eigenvalue weighted by molar-refractivity contribution is 0.102. The number of aromatic nitrogens is 2. The van der Waals surface area contributed by atoms with Crippen molar-refractivity contribution in [2.45, 2.75) is 6.92 Å². The Hall–Kier alpha value is -1.56. The average Bonchev–Trinajstić information content (AvgIpc) is 2.91. The number of nitrogens with one attached hydrogen (secondary N) is 1. The number of nitrogens with zero attached hydrogens (tertiary/aromatic N) is 2. The molecular weight excluding hydrogens is 317 g/mol. The minimum atomic E-state index is -0.317. The van der Waals surface area contributed by atoms with E-state index in [1.165, 1.54) is 11.3 Å². The summed E-state index contributed by atoms with van der Waals surface area (Å²) in [6.07, 6.45) is 3.61. The standard InChI is InChI=1S/C13H9Cl2N3OS/c1-7-5-18-6-11(17-13(18)20-7)12(19)16-10-4-8(14)2-3-9(10)15/h2-6H,1H3,(H,16,19). The molecule has 7 heteroatoms. The van der Waals surface area contributed by atoms with Gasteiger partial charge >= 0.3 is 0 Å². The first-order valence-corrected chi connectivity index (χ1v) is 7.32. The van der Waals surface area contributed by atoms with Crippen LogP contribution in [0.15, 0.2) is 30.6 Å². The summed E-state index contributed by atoms with van der Waals surface area (Å²) >= 11 is 13.4. The molecule has 0 saturated heterocycles. The van der Waals surface area contributed by atoms with E-state index in [1.807, 2.05) is 17.5 Å². The van der Waals surface area contributed by atoms with E-state index in [-0.39, 0.29) is 5.91 Å². The summed E-state index contributed by atoms with van der Waals surface area (Å²) in [6.45, 7) is 1.99. The van der Waals surface area contributed by atoms with Gasteiger partial charge in [-0.3, -0.25) is 9.20 Å². The van der Waals surface area contributed by atoms with Gasteiger partial charge in [0.1, 0.15) is 5.69 Å². The van der Waals surface area contributed by atoms with Crippen molar-refractivity contribution in [1.82, 2.24) is 9.38 Å². The van der Waals surface area contributed by atoms with Gasteiger partial charge in [0.25, 0.3) is 5.91 Å². The highest BCUT2D eigenvalue weighted by Crippen LogP contribution is 2.26. The molecule has 0 aliphatic carbocycles. The number of anilines is 1. The molecule has 0 unspecified atom stereocenters. The largest absolute Gasteiger partial charge is 0.319 e. The van der Waals surface area contributed by atoms with Crippen LogP contribution in [0.1, 0.15) is 15.4 Å². The van der Waals surface area contributed by atoms with Gasteiger partial charge in [0.15, 0.2) is 4.96 Å². The van der Waals surface area contributed by atoms with Gasteiger partial charge < -0.3 is 5.32 Å². The van der Waals surface area contributed by atoms with E-state index < -0.39 is 0 Å². The van der Waals surface area contributed by atoms with Crippen LogP contribution in [0.2, 0.25) is 10.0 Å². The number of hydrogen-bond acceptors (Lipinski definition) is 3. The molecule has 3 aromatic rings. The zero-order chi connectivity index (χ0) is 14.3. The van der Waals surface area contributed by atoms with E-state index in [2.05, 4.69) is 10.3 Å². The Morgan fingerprint density at radius 1 is 1.35 bits per heavy atom. The predicted octanol–water partition coefficient (Wildman–Crippen LogP) is 4.26. The molecule has 4 nitrogen and oxygen atoms in total. The third-order valence-electron chi connectivity index (χ3n) is 2.68. The maximum absolute atomic E-state index is 12.1. The van der Waals surface area contributed by atoms with Gasteiger partial charge in [-0.1, -0.05) is 23.2 Å². The Bertz CT molecular complexity index is 778. The molecule has 0 bridgehead atoms. The lowest BCUT2D eigenvalue weighted by Crippen LogP contribution is -2.12. The molecule has 2 heterocycles. The van der Waals surface area contributed by atoms with E-state index in [9.17, 15) is 4.79 Å². The molecule has 1 aromatic carbocycles. The van der Waals surface area contributed by atoms with Crippen LogP contribution in [0.5, 0.6) is 0 Å². The minimum absolute atomic E-state index is 0.317. The Morgan fingerprint density at radius 3 is 2.90 bits per heavy atom. The fourth-order valence-electron chi connectivity index (χ4n) is 1.80. The number of halogens is 2. The van der Waals surface area contributed by atoms with Gasteiger partial charge in [-0.15, -0.1) is 11.3 Å². The first-order valence-electron chi connectivity index (χ1n) is 5.74. The Morgan fingerprint density at radius 2 is 2.15 bits per heavy atom. The third kappa shape index (κ3) is 2.52. The molecule has 0 spiro atoms. The topological polar surface area (TPSA) is 46.4 Å². The molecule has 1 N–H and O–H groups in total. The van der Waals surface area contributed by atoms with Crippen LogP contribution in [0.25, 0.3) is 4.96 Å². The van der Waals surface area contributed by atoms with Crippen LogP contribution >= 0.6 is 34.5 Å². The molecule has 102 valence electrons. The summed E-state index contributed by atoms with van der Waals surface area (Å²) in [4.78, 5) is 18.3. The Kier molecular flexibility index (Phi) is 3.41. The van der Waals surface area contributed by atoms with Crippen LogP contribution < -0.4 is 5.32 Å². The highest BCUT2D eigenvalue weighted by atomic mass is 35.5. The molecular formula is C13H9Cl2N3OS. The van der Waals surface area contributed by atoms with Crippen molar-refractivity contribution in [1.29, 1.82) is 0 Å². The van der Waals surface area contributed by atoms with Crippen molar-refractivity contribution >= 4 is 51.1 Å². The van der Waals surface area contributed by atoms with Crippen LogP contribution in [0.4, 0.5) is 5.69 Å². The van der Waals surface area contributed by atoms with Crippen LogP contribution in [-0.2, 0) is 0 Å². The van der Waals surface area contributed by atoms with Crippen LogP contribution in [0, 0.1) is 6.92 Å².